The normalized spacial score (nSPS) is 9.82. The molecule has 1 aromatic heterocycles. The number of hydrogen-bond donors (Lipinski definition) is 0. The molecule has 1 aromatic rings. The Hall–Kier alpha value is 0.270. The molecule has 0 saturated heterocycles. The van der Waals surface area contributed by atoms with Crippen molar-refractivity contribution in [1.29, 1.82) is 0 Å². The SMILES string of the molecule is Cc1nc(C)nc(N(I)[IH+])n1. The summed E-state index contributed by atoms with van der Waals surface area (Å²) in [5.41, 5.74) is 0. The van der Waals surface area contributed by atoms with Crippen LogP contribution in [-0.4, -0.2) is 15.0 Å². The zero-order valence-corrected chi connectivity index (χ0v) is 10.6. The third-order valence-electron chi connectivity index (χ3n) is 1.00. The first kappa shape index (κ1) is 9.36. The zero-order chi connectivity index (χ0) is 8.43. The van der Waals surface area contributed by atoms with Gasteiger partial charge in [-0.3, -0.25) is 0 Å². The summed E-state index contributed by atoms with van der Waals surface area (Å²) >= 11 is 3.95. The lowest BCUT2D eigenvalue weighted by Gasteiger charge is -1.99. The fourth-order valence-electron chi connectivity index (χ4n) is 0.677. The van der Waals surface area contributed by atoms with Crippen LogP contribution in [0.1, 0.15) is 11.6 Å². The molecule has 0 atom stereocenters. The number of halogens is 2. The summed E-state index contributed by atoms with van der Waals surface area (Å²) in [4.78, 5) is 12.3. The molecule has 0 saturated carbocycles. The van der Waals surface area contributed by atoms with Crippen molar-refractivity contribution in [3.63, 3.8) is 0 Å². The van der Waals surface area contributed by atoms with Gasteiger partial charge in [-0.05, 0) is 13.8 Å². The highest BCUT2D eigenvalue weighted by Gasteiger charge is 2.10. The van der Waals surface area contributed by atoms with Gasteiger partial charge < -0.3 is 0 Å². The highest BCUT2D eigenvalue weighted by atomic mass is 127. The zero-order valence-electron chi connectivity index (χ0n) is 6.08. The second kappa shape index (κ2) is 3.78. The van der Waals surface area contributed by atoms with Gasteiger partial charge in [-0.15, -0.1) is 0 Å². The second-order valence-electron chi connectivity index (χ2n) is 1.97. The van der Waals surface area contributed by atoms with Crippen LogP contribution in [0.15, 0.2) is 0 Å². The van der Waals surface area contributed by atoms with Crippen LogP contribution in [0.5, 0.6) is 0 Å². The minimum Gasteiger partial charge on any atom is -0.218 e. The Kier molecular flexibility index (Phi) is 3.22. The van der Waals surface area contributed by atoms with Crippen LogP contribution in [0.2, 0.25) is 0 Å². The van der Waals surface area contributed by atoms with Gasteiger partial charge in [-0.1, -0.05) is 1.33 Å². The molecule has 60 valence electrons. The molecular weight excluding hydrogens is 370 g/mol. The van der Waals surface area contributed by atoms with Crippen molar-refractivity contribution in [1.82, 2.24) is 15.0 Å². The lowest BCUT2D eigenvalue weighted by Crippen LogP contribution is -3.41. The van der Waals surface area contributed by atoms with Crippen molar-refractivity contribution in [2.75, 3.05) is 1.33 Å². The van der Waals surface area contributed by atoms with Gasteiger partial charge in [0.15, 0.2) is 0 Å². The van der Waals surface area contributed by atoms with Crippen molar-refractivity contribution < 1.29 is 22.9 Å². The van der Waals surface area contributed by atoms with Crippen LogP contribution in [-0.2, 0) is 0 Å². The molecule has 0 radical (unpaired) electrons. The smallest absolute Gasteiger partial charge is 0.218 e. The highest BCUT2D eigenvalue weighted by Crippen LogP contribution is 2.04. The molecule has 0 unspecified atom stereocenters. The van der Waals surface area contributed by atoms with Gasteiger partial charge in [0, 0.05) is 0 Å². The van der Waals surface area contributed by atoms with Gasteiger partial charge in [0.05, 0.1) is 0 Å². The minimum atomic E-state index is 0.709. The monoisotopic (exact) mass is 377 g/mol. The predicted molar refractivity (Wildman–Crippen MR) is 47.2 cm³/mol. The van der Waals surface area contributed by atoms with Crippen molar-refractivity contribution >= 4 is 28.8 Å². The summed E-state index contributed by atoms with van der Waals surface area (Å²) in [7, 11) is 0. The molecule has 6 heteroatoms. The maximum absolute atomic E-state index is 4.13. The minimum absolute atomic E-state index is 0.709. The number of rotatable bonds is 1. The van der Waals surface area contributed by atoms with Gasteiger partial charge in [0.25, 0.3) is 5.95 Å². The van der Waals surface area contributed by atoms with Gasteiger partial charge in [-0.2, -0.15) is 9.97 Å². The molecule has 0 N–H and O–H groups in total. The standard InChI is InChI=1S/C5H7I2N4/c1-3-8-4(2)10-5(9-3)11(6)7/h6H,1-2H3/q+1. The Morgan fingerprint density at radius 1 is 1.18 bits per heavy atom. The van der Waals surface area contributed by atoms with Gasteiger partial charge in [-0.25, -0.2) is 4.98 Å². The quantitative estimate of drug-likeness (QED) is 0.414. The van der Waals surface area contributed by atoms with Crippen LogP contribution < -0.4 is 24.2 Å². The van der Waals surface area contributed by atoms with E-state index in [9.17, 15) is 0 Å². The molecule has 0 aliphatic carbocycles. The summed E-state index contributed by atoms with van der Waals surface area (Å²) in [6.07, 6.45) is 0. The number of hydrogen-bond acceptors (Lipinski definition) is 4. The molecule has 11 heavy (non-hydrogen) atoms. The van der Waals surface area contributed by atoms with E-state index in [0.717, 1.165) is 11.6 Å². The van der Waals surface area contributed by atoms with Gasteiger partial charge in [0.2, 0.25) is 0 Å². The first-order valence-electron chi connectivity index (χ1n) is 2.92. The molecule has 0 aliphatic rings. The molecule has 4 nitrogen and oxygen atoms in total. The Bertz CT molecular complexity index is 242. The van der Waals surface area contributed by atoms with Crippen LogP contribution in [0.3, 0.4) is 0 Å². The third-order valence-corrected chi connectivity index (χ3v) is 1.90. The van der Waals surface area contributed by atoms with Crippen LogP contribution in [0.4, 0.5) is 5.95 Å². The molecular formula is C5H7I2N4+. The van der Waals surface area contributed by atoms with Crippen molar-refractivity contribution in [3.8, 4) is 0 Å². The molecule has 0 fully saturated rings. The molecule has 0 bridgehead atoms. The van der Waals surface area contributed by atoms with Crippen molar-refractivity contribution in [3.05, 3.63) is 11.6 Å². The predicted octanol–water partition coefficient (Wildman–Crippen LogP) is -2.15. The van der Waals surface area contributed by atoms with Gasteiger partial charge >= 0.3 is 22.9 Å². The van der Waals surface area contributed by atoms with E-state index >= 15 is 0 Å². The Labute approximate surface area is 92.8 Å². The lowest BCUT2D eigenvalue weighted by atomic mass is 10.6. The van der Waals surface area contributed by atoms with E-state index in [0.29, 0.717) is 5.95 Å². The maximum Gasteiger partial charge on any atom is 0.417 e. The highest BCUT2D eigenvalue weighted by molar-refractivity contribution is 14.1. The van der Waals surface area contributed by atoms with E-state index in [1.54, 1.807) is 0 Å². The molecule has 0 aromatic carbocycles. The van der Waals surface area contributed by atoms with Crippen LogP contribution >= 0.6 is 22.9 Å². The molecule has 0 amide bonds. The number of anilines is 1. The summed E-state index contributed by atoms with van der Waals surface area (Å²) < 4.78 is 1.84. The van der Waals surface area contributed by atoms with Crippen molar-refractivity contribution in [2.24, 2.45) is 0 Å². The molecule has 0 spiro atoms. The average Bonchev–Trinajstić information content (AvgIpc) is 1.85. The number of aromatic nitrogens is 3. The summed E-state index contributed by atoms with van der Waals surface area (Å²) in [5.74, 6) is 2.23. The number of nitrogens with zero attached hydrogens (tertiary/aromatic N) is 4. The fraction of sp³-hybridized carbons (Fsp3) is 0.400. The summed E-state index contributed by atoms with van der Waals surface area (Å²) in [5, 5.41) is 0. The van der Waals surface area contributed by atoms with E-state index in [-0.39, 0.29) is 0 Å². The van der Waals surface area contributed by atoms with Crippen LogP contribution in [0.25, 0.3) is 0 Å². The average molecular weight is 377 g/mol. The summed E-state index contributed by atoms with van der Waals surface area (Å²) in [6, 6.07) is 0. The van der Waals surface area contributed by atoms with Crippen molar-refractivity contribution in [2.45, 2.75) is 13.8 Å². The van der Waals surface area contributed by atoms with Gasteiger partial charge in [0.1, 0.15) is 34.5 Å². The van der Waals surface area contributed by atoms with E-state index in [2.05, 4.69) is 37.8 Å². The number of aryl methyl sites for hydroxylation is 2. The Morgan fingerprint density at radius 2 is 1.64 bits per heavy atom. The Morgan fingerprint density at radius 3 is 2.00 bits per heavy atom. The first-order chi connectivity index (χ1) is 5.09. The fourth-order valence-corrected chi connectivity index (χ4v) is 1.13. The summed E-state index contributed by atoms with van der Waals surface area (Å²) in [6.45, 7) is 3.72. The second-order valence-corrected chi connectivity index (χ2v) is 6.01. The first-order valence-corrected chi connectivity index (χ1v) is 4.92. The lowest BCUT2D eigenvalue weighted by molar-refractivity contribution is -0.352. The molecule has 1 heterocycles. The largest absolute Gasteiger partial charge is 0.417 e. The van der Waals surface area contributed by atoms with Crippen LogP contribution in [0, 0.1) is 13.8 Å². The van der Waals surface area contributed by atoms with E-state index < -0.39 is 0 Å². The van der Waals surface area contributed by atoms with E-state index in [4.69, 9.17) is 0 Å². The molecule has 1 rings (SSSR count). The van der Waals surface area contributed by atoms with E-state index in [1.165, 1.54) is 0 Å². The maximum atomic E-state index is 4.13. The molecule has 0 aliphatic heterocycles. The topological polar surface area (TPSA) is 41.9 Å². The Balaban J connectivity index is 3.08. The van der Waals surface area contributed by atoms with E-state index in [1.807, 2.05) is 38.0 Å². The third kappa shape index (κ3) is 2.65.